The van der Waals surface area contributed by atoms with E-state index in [9.17, 15) is 4.79 Å². The molecule has 0 spiro atoms. The third-order valence-corrected chi connectivity index (χ3v) is 5.04. The highest BCUT2D eigenvalue weighted by Crippen LogP contribution is 2.16. The number of aryl methyl sites for hydroxylation is 2. The summed E-state index contributed by atoms with van der Waals surface area (Å²) in [6.45, 7) is 5.97. The summed E-state index contributed by atoms with van der Waals surface area (Å²) in [7, 11) is 1.72. The molecular formula is C19H27N5OS. The topological polar surface area (TPSA) is 78.4 Å². The van der Waals surface area contributed by atoms with Crippen LogP contribution in [0.25, 0.3) is 0 Å². The molecule has 0 aliphatic heterocycles. The summed E-state index contributed by atoms with van der Waals surface area (Å²) >= 11 is 1.73. The number of thiazole rings is 1. The van der Waals surface area contributed by atoms with E-state index in [0.717, 1.165) is 29.2 Å². The number of carbonyl (C=O) groups is 1. The van der Waals surface area contributed by atoms with Gasteiger partial charge in [-0.2, -0.15) is 0 Å². The molecule has 2 rings (SSSR count). The van der Waals surface area contributed by atoms with Crippen LogP contribution < -0.4 is 16.0 Å². The van der Waals surface area contributed by atoms with Crippen molar-refractivity contribution >= 4 is 23.2 Å². The minimum Gasteiger partial charge on any atom is -0.356 e. The molecule has 1 heterocycles. The Kier molecular flexibility index (Phi) is 8.08. The Hall–Kier alpha value is -2.41. The molecule has 3 N–H and O–H groups in total. The second-order valence-corrected chi connectivity index (χ2v) is 7.23. The number of carbonyl (C=O) groups excluding carboxylic acids is 1. The van der Waals surface area contributed by atoms with Crippen molar-refractivity contribution < 1.29 is 4.79 Å². The van der Waals surface area contributed by atoms with Crippen LogP contribution in [0.1, 0.15) is 27.6 Å². The molecule has 140 valence electrons. The van der Waals surface area contributed by atoms with E-state index in [0.29, 0.717) is 25.5 Å². The number of amides is 1. The summed E-state index contributed by atoms with van der Waals surface area (Å²) in [5, 5.41) is 10.5. The molecule has 2 aromatic rings. The zero-order valence-electron chi connectivity index (χ0n) is 15.6. The summed E-state index contributed by atoms with van der Waals surface area (Å²) in [6.07, 6.45) is 1.26. The zero-order valence-corrected chi connectivity index (χ0v) is 16.4. The monoisotopic (exact) mass is 373 g/mol. The van der Waals surface area contributed by atoms with Gasteiger partial charge in [0.15, 0.2) is 5.96 Å². The number of nitrogens with one attached hydrogen (secondary N) is 3. The van der Waals surface area contributed by atoms with Gasteiger partial charge in [0.2, 0.25) is 5.91 Å². The number of nitrogens with zero attached hydrogens (tertiary/aromatic N) is 2. The first-order valence-corrected chi connectivity index (χ1v) is 9.58. The normalized spacial score (nSPS) is 11.3. The van der Waals surface area contributed by atoms with Gasteiger partial charge in [-0.05, 0) is 19.4 Å². The van der Waals surface area contributed by atoms with Crippen LogP contribution in [0, 0.1) is 13.8 Å². The molecule has 0 bridgehead atoms. The minimum absolute atomic E-state index is 0.0190. The van der Waals surface area contributed by atoms with Crippen molar-refractivity contribution in [3.8, 4) is 0 Å². The minimum atomic E-state index is 0.0190. The Morgan fingerprint density at radius 3 is 2.50 bits per heavy atom. The van der Waals surface area contributed by atoms with Crippen LogP contribution in [0.5, 0.6) is 0 Å². The number of hydrogen-bond donors (Lipinski definition) is 3. The molecule has 1 amide bonds. The summed E-state index contributed by atoms with van der Waals surface area (Å²) in [5.41, 5.74) is 2.20. The lowest BCUT2D eigenvalue weighted by Gasteiger charge is -2.11. The van der Waals surface area contributed by atoms with E-state index in [1.807, 2.05) is 37.3 Å². The predicted molar refractivity (Wildman–Crippen MR) is 108 cm³/mol. The van der Waals surface area contributed by atoms with E-state index in [1.54, 1.807) is 18.4 Å². The second-order valence-electron chi connectivity index (χ2n) is 5.94. The third-order valence-electron chi connectivity index (χ3n) is 3.90. The zero-order chi connectivity index (χ0) is 18.8. The summed E-state index contributed by atoms with van der Waals surface area (Å²) in [6, 6.07) is 9.89. The molecule has 0 fully saturated rings. The molecule has 0 saturated heterocycles. The van der Waals surface area contributed by atoms with Crippen LogP contribution in [0.3, 0.4) is 0 Å². The molecule has 0 aliphatic rings. The first-order chi connectivity index (χ1) is 12.6. The number of aromatic nitrogens is 1. The molecule has 0 atom stereocenters. The molecule has 0 saturated carbocycles. The van der Waals surface area contributed by atoms with E-state index in [-0.39, 0.29) is 5.91 Å². The summed E-state index contributed by atoms with van der Waals surface area (Å²) < 4.78 is 0. The summed E-state index contributed by atoms with van der Waals surface area (Å²) in [5.74, 6) is 0.719. The highest BCUT2D eigenvalue weighted by atomic mass is 32.1. The third kappa shape index (κ3) is 6.84. The van der Waals surface area contributed by atoms with Crippen molar-refractivity contribution in [1.82, 2.24) is 20.9 Å². The summed E-state index contributed by atoms with van der Waals surface area (Å²) in [4.78, 5) is 21.9. The molecule has 7 heteroatoms. The van der Waals surface area contributed by atoms with Crippen molar-refractivity contribution in [2.45, 2.75) is 33.2 Å². The number of guanidine groups is 1. The number of aliphatic imine (C=N–C) groups is 1. The van der Waals surface area contributed by atoms with Crippen LogP contribution in [0.4, 0.5) is 0 Å². The Bertz CT molecular complexity index is 707. The second kappa shape index (κ2) is 10.6. The number of benzene rings is 1. The number of rotatable bonds is 8. The molecule has 26 heavy (non-hydrogen) atoms. The smallest absolute Gasteiger partial charge is 0.222 e. The van der Waals surface area contributed by atoms with Crippen LogP contribution in [0.2, 0.25) is 0 Å². The Balaban J connectivity index is 1.61. The molecule has 0 radical (unpaired) electrons. The molecule has 1 aromatic heterocycles. The van der Waals surface area contributed by atoms with Gasteiger partial charge in [-0.25, -0.2) is 4.98 Å². The first kappa shape index (κ1) is 19.9. The quantitative estimate of drug-likeness (QED) is 0.489. The Labute approximate surface area is 159 Å². The van der Waals surface area contributed by atoms with E-state index in [1.165, 1.54) is 4.88 Å². The van der Waals surface area contributed by atoms with Gasteiger partial charge in [0.1, 0.15) is 0 Å². The molecule has 0 unspecified atom stereocenters. The molecule has 1 aromatic carbocycles. The van der Waals surface area contributed by atoms with Gasteiger partial charge in [-0.15, -0.1) is 11.3 Å². The maximum atomic E-state index is 11.9. The highest BCUT2D eigenvalue weighted by Gasteiger charge is 2.05. The average molecular weight is 374 g/mol. The average Bonchev–Trinajstić information content (AvgIpc) is 2.97. The van der Waals surface area contributed by atoms with E-state index in [4.69, 9.17) is 0 Å². The largest absolute Gasteiger partial charge is 0.356 e. The lowest BCUT2D eigenvalue weighted by molar-refractivity contribution is -0.121. The van der Waals surface area contributed by atoms with Gasteiger partial charge in [-0.1, -0.05) is 30.3 Å². The van der Waals surface area contributed by atoms with Gasteiger partial charge in [-0.3, -0.25) is 9.79 Å². The van der Waals surface area contributed by atoms with Crippen LogP contribution in [0.15, 0.2) is 35.3 Å². The fourth-order valence-corrected chi connectivity index (χ4v) is 3.27. The van der Waals surface area contributed by atoms with Crippen molar-refractivity contribution in [1.29, 1.82) is 0 Å². The molecule has 6 nitrogen and oxygen atoms in total. The van der Waals surface area contributed by atoms with Gasteiger partial charge in [0.05, 0.1) is 10.7 Å². The van der Waals surface area contributed by atoms with E-state index in [2.05, 4.69) is 32.9 Å². The maximum absolute atomic E-state index is 11.9. The first-order valence-electron chi connectivity index (χ1n) is 8.76. The lowest BCUT2D eigenvalue weighted by atomic mass is 10.2. The van der Waals surface area contributed by atoms with Crippen LogP contribution >= 0.6 is 11.3 Å². The Morgan fingerprint density at radius 1 is 1.12 bits per heavy atom. The van der Waals surface area contributed by atoms with Gasteiger partial charge < -0.3 is 16.0 Å². The fraction of sp³-hybridized carbons (Fsp3) is 0.421. The molecule has 0 aliphatic carbocycles. The van der Waals surface area contributed by atoms with E-state index >= 15 is 0 Å². The van der Waals surface area contributed by atoms with Gasteiger partial charge >= 0.3 is 0 Å². The van der Waals surface area contributed by atoms with Gasteiger partial charge in [0.25, 0.3) is 0 Å². The van der Waals surface area contributed by atoms with Crippen molar-refractivity contribution in [3.05, 3.63) is 51.5 Å². The predicted octanol–water partition coefficient (Wildman–Crippen LogP) is 2.17. The van der Waals surface area contributed by atoms with Crippen molar-refractivity contribution in [2.24, 2.45) is 4.99 Å². The van der Waals surface area contributed by atoms with Crippen molar-refractivity contribution in [3.63, 3.8) is 0 Å². The SMILES string of the molecule is CN=C(NCCC(=O)NCc1ccccc1)NCCc1nc(C)c(C)s1. The van der Waals surface area contributed by atoms with Crippen LogP contribution in [-0.4, -0.2) is 37.0 Å². The lowest BCUT2D eigenvalue weighted by Crippen LogP contribution is -2.40. The van der Waals surface area contributed by atoms with E-state index < -0.39 is 0 Å². The van der Waals surface area contributed by atoms with Crippen LogP contribution in [-0.2, 0) is 17.8 Å². The fourth-order valence-electron chi connectivity index (χ4n) is 2.33. The number of hydrogen-bond acceptors (Lipinski definition) is 4. The van der Waals surface area contributed by atoms with Gasteiger partial charge in [0, 0.05) is 44.4 Å². The maximum Gasteiger partial charge on any atom is 0.222 e. The standard InChI is InChI=1S/C19H27N5OS/c1-14-15(2)26-18(24-14)10-12-22-19(20-3)21-11-9-17(25)23-13-16-7-5-4-6-8-16/h4-8H,9-13H2,1-3H3,(H,23,25)(H2,20,21,22). The van der Waals surface area contributed by atoms with Crippen molar-refractivity contribution in [2.75, 3.05) is 20.1 Å². The molecular weight excluding hydrogens is 346 g/mol. The highest BCUT2D eigenvalue weighted by molar-refractivity contribution is 7.11. The Morgan fingerprint density at radius 2 is 1.85 bits per heavy atom.